The number of aromatic nitrogens is 1. The molecular weight excluding hydrogens is 298 g/mol. The number of carbonyl (C=O) groups excluding carboxylic acids is 1. The van der Waals surface area contributed by atoms with Gasteiger partial charge in [0.1, 0.15) is 11.5 Å². The van der Waals surface area contributed by atoms with Crippen molar-refractivity contribution in [2.75, 3.05) is 6.54 Å². The van der Waals surface area contributed by atoms with Crippen LogP contribution < -0.4 is 0 Å². The van der Waals surface area contributed by atoms with E-state index in [9.17, 15) is 9.18 Å². The molecule has 0 radical (unpaired) electrons. The highest BCUT2D eigenvalue weighted by atomic mass is 19.1. The summed E-state index contributed by atoms with van der Waals surface area (Å²) in [5.74, 6) is -0.803. The Morgan fingerprint density at radius 3 is 2.65 bits per heavy atom. The van der Waals surface area contributed by atoms with Crippen LogP contribution in [-0.4, -0.2) is 23.5 Å². The number of halogens is 2. The van der Waals surface area contributed by atoms with Crippen molar-refractivity contribution in [3.63, 3.8) is 0 Å². The fraction of sp³-hybridized carbons (Fsp3) is 0.167. The molecule has 3 nitrogen and oxygen atoms in total. The van der Waals surface area contributed by atoms with Gasteiger partial charge in [-0.2, -0.15) is 0 Å². The number of aliphatic imine (C=N–C) groups is 1. The first kappa shape index (κ1) is 15.2. The Bertz CT molecular complexity index is 812. The largest absolute Gasteiger partial charge is 0.289 e. The van der Waals surface area contributed by atoms with E-state index in [1.54, 1.807) is 25.3 Å². The van der Waals surface area contributed by atoms with Crippen LogP contribution in [0.25, 0.3) is 0 Å². The summed E-state index contributed by atoms with van der Waals surface area (Å²) in [4.78, 5) is 20.4. The van der Waals surface area contributed by atoms with Crippen molar-refractivity contribution in [2.24, 2.45) is 4.99 Å². The molecule has 0 amide bonds. The zero-order valence-corrected chi connectivity index (χ0v) is 12.5. The van der Waals surface area contributed by atoms with Crippen LogP contribution >= 0.6 is 0 Å². The van der Waals surface area contributed by atoms with Crippen molar-refractivity contribution in [3.05, 3.63) is 76.9 Å². The van der Waals surface area contributed by atoms with Gasteiger partial charge in [-0.3, -0.25) is 14.8 Å². The van der Waals surface area contributed by atoms with Gasteiger partial charge in [-0.25, -0.2) is 8.78 Å². The van der Waals surface area contributed by atoms with E-state index in [2.05, 4.69) is 9.98 Å². The Hall–Kier alpha value is -2.69. The van der Waals surface area contributed by atoms with Crippen LogP contribution in [0.1, 0.15) is 28.5 Å². The lowest BCUT2D eigenvalue weighted by molar-refractivity contribution is 0.103. The zero-order valence-electron chi connectivity index (χ0n) is 12.5. The van der Waals surface area contributed by atoms with E-state index < -0.39 is 11.5 Å². The highest BCUT2D eigenvalue weighted by Gasteiger charge is 2.35. The third kappa shape index (κ3) is 2.82. The van der Waals surface area contributed by atoms with Crippen LogP contribution in [0.4, 0.5) is 8.78 Å². The van der Waals surface area contributed by atoms with Crippen LogP contribution in [0.2, 0.25) is 0 Å². The summed E-state index contributed by atoms with van der Waals surface area (Å²) in [7, 11) is 0. The van der Waals surface area contributed by atoms with Crippen molar-refractivity contribution < 1.29 is 13.6 Å². The second-order valence-corrected chi connectivity index (χ2v) is 5.41. The Balaban J connectivity index is 1.97. The number of hydrogen-bond donors (Lipinski definition) is 0. The maximum atomic E-state index is 15.2. The van der Waals surface area contributed by atoms with Gasteiger partial charge in [0, 0.05) is 18.0 Å². The minimum atomic E-state index is -1.74. The normalized spacial score (nSPS) is 20.2. The zero-order chi connectivity index (χ0) is 16.4. The molecule has 1 aromatic carbocycles. The minimum absolute atomic E-state index is 0.0243. The van der Waals surface area contributed by atoms with E-state index in [-0.39, 0.29) is 18.0 Å². The van der Waals surface area contributed by atoms with Gasteiger partial charge in [-0.05, 0) is 60.5 Å². The van der Waals surface area contributed by atoms with E-state index in [0.29, 0.717) is 16.7 Å². The van der Waals surface area contributed by atoms with Gasteiger partial charge in [-0.1, -0.05) is 0 Å². The summed E-state index contributed by atoms with van der Waals surface area (Å²) in [5, 5.41) is 0. The van der Waals surface area contributed by atoms with Crippen molar-refractivity contribution in [2.45, 2.75) is 12.6 Å². The average Bonchev–Trinajstić information content (AvgIpc) is 2.58. The maximum absolute atomic E-state index is 15.2. The molecular formula is C18H14F2N2O. The van der Waals surface area contributed by atoms with Crippen LogP contribution in [-0.2, 0) is 5.67 Å². The smallest absolute Gasteiger partial charge is 0.211 e. The number of pyridine rings is 1. The highest BCUT2D eigenvalue weighted by Crippen LogP contribution is 2.35. The molecule has 2 heterocycles. The Labute approximate surface area is 132 Å². The SMILES string of the molecule is CC1=CC=NCC1(F)c1ccnc(C(=O)c2ccc(F)cc2)c1. The topological polar surface area (TPSA) is 42.3 Å². The quantitative estimate of drug-likeness (QED) is 0.812. The fourth-order valence-electron chi connectivity index (χ4n) is 2.47. The number of nitrogens with zero attached hydrogens (tertiary/aromatic N) is 2. The number of dihydropyridines is 1. The summed E-state index contributed by atoms with van der Waals surface area (Å²) in [6.07, 6.45) is 4.59. The van der Waals surface area contributed by atoms with Crippen molar-refractivity contribution in [3.8, 4) is 0 Å². The number of rotatable bonds is 3. The van der Waals surface area contributed by atoms with E-state index in [4.69, 9.17) is 0 Å². The first-order chi connectivity index (χ1) is 11.0. The molecule has 0 bridgehead atoms. The van der Waals surface area contributed by atoms with E-state index in [1.807, 2.05) is 0 Å². The van der Waals surface area contributed by atoms with E-state index in [0.717, 1.165) is 0 Å². The molecule has 3 rings (SSSR count). The van der Waals surface area contributed by atoms with Crippen LogP contribution in [0.15, 0.2) is 59.2 Å². The van der Waals surface area contributed by atoms with Gasteiger partial charge < -0.3 is 0 Å². The molecule has 0 spiro atoms. The molecule has 0 N–H and O–H groups in total. The second kappa shape index (κ2) is 5.83. The van der Waals surface area contributed by atoms with Gasteiger partial charge in [0.2, 0.25) is 5.78 Å². The monoisotopic (exact) mass is 312 g/mol. The molecule has 1 aliphatic heterocycles. The third-order valence-corrected chi connectivity index (χ3v) is 3.92. The number of carbonyl (C=O) groups is 1. The van der Waals surface area contributed by atoms with Crippen molar-refractivity contribution >= 4 is 12.0 Å². The summed E-state index contributed by atoms with van der Waals surface area (Å²) in [6.45, 7) is 1.66. The molecule has 1 unspecified atom stereocenters. The van der Waals surface area contributed by atoms with Gasteiger partial charge >= 0.3 is 0 Å². The molecule has 1 aromatic heterocycles. The number of hydrogen-bond acceptors (Lipinski definition) is 3. The molecule has 0 fully saturated rings. The van der Waals surface area contributed by atoms with Crippen molar-refractivity contribution in [1.29, 1.82) is 0 Å². The molecule has 1 atom stereocenters. The lowest BCUT2D eigenvalue weighted by Gasteiger charge is -2.27. The predicted octanol–water partition coefficient (Wildman–Crippen LogP) is 3.65. The molecule has 116 valence electrons. The van der Waals surface area contributed by atoms with Crippen LogP contribution in [0.3, 0.4) is 0 Å². The summed E-state index contributed by atoms with van der Waals surface area (Å²) < 4.78 is 28.2. The molecule has 0 saturated carbocycles. The van der Waals surface area contributed by atoms with Gasteiger partial charge in [-0.15, -0.1) is 0 Å². The Morgan fingerprint density at radius 2 is 1.96 bits per heavy atom. The summed E-state index contributed by atoms with van der Waals surface area (Å²) >= 11 is 0. The molecule has 5 heteroatoms. The van der Waals surface area contributed by atoms with Crippen molar-refractivity contribution in [1.82, 2.24) is 4.98 Å². The standard InChI is InChI=1S/C18H14F2N2O/c1-12-6-8-21-11-18(12,20)14-7-9-22-16(10-14)17(23)13-2-4-15(19)5-3-13/h2-10H,11H2,1H3. The molecule has 23 heavy (non-hydrogen) atoms. The highest BCUT2D eigenvalue weighted by molar-refractivity contribution is 6.07. The Kier molecular flexibility index (Phi) is 3.86. The number of ketones is 1. The molecule has 2 aromatic rings. The lowest BCUT2D eigenvalue weighted by Crippen LogP contribution is -2.28. The maximum Gasteiger partial charge on any atom is 0.211 e. The van der Waals surface area contributed by atoms with Gasteiger partial charge in [0.05, 0.1) is 6.54 Å². The fourth-order valence-corrected chi connectivity index (χ4v) is 2.47. The van der Waals surface area contributed by atoms with Crippen LogP contribution in [0, 0.1) is 5.82 Å². The molecule has 0 aliphatic carbocycles. The minimum Gasteiger partial charge on any atom is -0.289 e. The van der Waals surface area contributed by atoms with Crippen LogP contribution in [0.5, 0.6) is 0 Å². The number of allylic oxidation sites excluding steroid dienone is 1. The second-order valence-electron chi connectivity index (χ2n) is 5.41. The Morgan fingerprint density at radius 1 is 1.22 bits per heavy atom. The van der Waals surface area contributed by atoms with Gasteiger partial charge in [0.25, 0.3) is 0 Å². The first-order valence-corrected chi connectivity index (χ1v) is 7.13. The number of benzene rings is 1. The first-order valence-electron chi connectivity index (χ1n) is 7.13. The summed E-state index contributed by atoms with van der Waals surface area (Å²) in [6, 6.07) is 8.15. The molecule has 1 aliphatic rings. The lowest BCUT2D eigenvalue weighted by atomic mass is 9.87. The van der Waals surface area contributed by atoms with Gasteiger partial charge in [0.15, 0.2) is 5.67 Å². The third-order valence-electron chi connectivity index (χ3n) is 3.92. The number of alkyl halides is 1. The summed E-state index contributed by atoms with van der Waals surface area (Å²) in [5.41, 5.74) is -0.455. The van der Waals surface area contributed by atoms with E-state index in [1.165, 1.54) is 36.5 Å². The molecule has 0 saturated heterocycles. The van der Waals surface area contributed by atoms with E-state index >= 15 is 4.39 Å². The average molecular weight is 312 g/mol. The predicted molar refractivity (Wildman–Crippen MR) is 84.0 cm³/mol.